The molecule has 1 amide bonds. The number of nitriles is 1. The predicted octanol–water partition coefficient (Wildman–Crippen LogP) is 0.891. The number of carbonyl (C=O) groups is 1. The van der Waals surface area contributed by atoms with Crippen molar-refractivity contribution in [3.8, 4) is 6.07 Å². The zero-order valence-electron chi connectivity index (χ0n) is 9.83. The van der Waals surface area contributed by atoms with Gasteiger partial charge in [0.2, 0.25) is 5.91 Å². The molecule has 2 fully saturated rings. The van der Waals surface area contributed by atoms with E-state index in [-0.39, 0.29) is 5.91 Å². The van der Waals surface area contributed by atoms with E-state index in [4.69, 9.17) is 5.26 Å². The molecule has 0 aromatic carbocycles. The fraction of sp³-hybridized carbons (Fsp3) is 0.833. The molecule has 4 heteroatoms. The van der Waals surface area contributed by atoms with Crippen LogP contribution < -0.4 is 5.32 Å². The van der Waals surface area contributed by atoms with Gasteiger partial charge in [0, 0.05) is 12.6 Å². The Labute approximate surface area is 96.6 Å². The first-order chi connectivity index (χ1) is 7.68. The van der Waals surface area contributed by atoms with Crippen LogP contribution >= 0.6 is 0 Å². The summed E-state index contributed by atoms with van der Waals surface area (Å²) in [5, 5.41) is 11.8. The van der Waals surface area contributed by atoms with Gasteiger partial charge in [0.1, 0.15) is 5.41 Å². The summed E-state index contributed by atoms with van der Waals surface area (Å²) in [6, 6.07) is 2.51. The quantitative estimate of drug-likeness (QED) is 0.767. The minimum absolute atomic E-state index is 0.0685. The minimum Gasteiger partial charge on any atom is -0.353 e. The summed E-state index contributed by atoms with van der Waals surface area (Å²) >= 11 is 0. The highest BCUT2D eigenvalue weighted by Crippen LogP contribution is 2.44. The number of nitrogens with one attached hydrogen (secondary N) is 1. The molecule has 1 heterocycles. The summed E-state index contributed by atoms with van der Waals surface area (Å²) in [4.78, 5) is 14.1. The molecule has 2 rings (SSSR count). The highest BCUT2D eigenvalue weighted by atomic mass is 16.2. The van der Waals surface area contributed by atoms with Crippen molar-refractivity contribution in [2.75, 3.05) is 19.6 Å². The van der Waals surface area contributed by atoms with Gasteiger partial charge in [-0.3, -0.25) is 9.69 Å². The molecule has 0 spiro atoms. The largest absolute Gasteiger partial charge is 0.353 e. The van der Waals surface area contributed by atoms with Gasteiger partial charge < -0.3 is 5.32 Å². The third kappa shape index (κ3) is 2.19. The molecule has 0 aromatic rings. The molecule has 2 aliphatic rings. The lowest BCUT2D eigenvalue weighted by molar-refractivity contribution is -0.124. The maximum Gasteiger partial charge on any atom is 0.240 e. The molecule has 1 saturated heterocycles. The lowest BCUT2D eigenvalue weighted by atomic mass is 10.1. The molecule has 4 nitrogen and oxygen atoms in total. The highest BCUT2D eigenvalue weighted by molar-refractivity contribution is 5.88. The van der Waals surface area contributed by atoms with E-state index >= 15 is 0 Å². The second-order valence-corrected chi connectivity index (χ2v) is 5.00. The Morgan fingerprint density at radius 3 is 2.62 bits per heavy atom. The Bertz CT molecular complexity index is 311. The smallest absolute Gasteiger partial charge is 0.240 e. The Balaban J connectivity index is 1.75. The van der Waals surface area contributed by atoms with Crippen LogP contribution in [0.3, 0.4) is 0 Å². The summed E-state index contributed by atoms with van der Waals surface area (Å²) in [6.07, 6.45) is 3.99. The third-order valence-electron chi connectivity index (χ3n) is 3.72. The van der Waals surface area contributed by atoms with Crippen molar-refractivity contribution in [1.82, 2.24) is 10.2 Å². The van der Waals surface area contributed by atoms with Gasteiger partial charge in [0.25, 0.3) is 0 Å². The second-order valence-electron chi connectivity index (χ2n) is 5.00. The van der Waals surface area contributed by atoms with Crippen LogP contribution in [0.25, 0.3) is 0 Å². The Morgan fingerprint density at radius 1 is 1.50 bits per heavy atom. The molecule has 1 N–H and O–H groups in total. The van der Waals surface area contributed by atoms with E-state index in [9.17, 15) is 4.79 Å². The number of hydrogen-bond acceptors (Lipinski definition) is 3. The first-order valence-corrected chi connectivity index (χ1v) is 6.11. The average molecular weight is 221 g/mol. The monoisotopic (exact) mass is 221 g/mol. The van der Waals surface area contributed by atoms with E-state index < -0.39 is 5.41 Å². The van der Waals surface area contributed by atoms with Crippen LogP contribution in [0.2, 0.25) is 0 Å². The second kappa shape index (κ2) is 4.42. The third-order valence-corrected chi connectivity index (χ3v) is 3.72. The number of amides is 1. The number of hydrogen-bond donors (Lipinski definition) is 1. The van der Waals surface area contributed by atoms with Gasteiger partial charge in [-0.05, 0) is 45.7 Å². The van der Waals surface area contributed by atoms with E-state index in [2.05, 4.69) is 23.2 Å². The lowest BCUT2D eigenvalue weighted by Crippen LogP contribution is -2.42. The average Bonchev–Trinajstić information content (AvgIpc) is 2.91. The van der Waals surface area contributed by atoms with Crippen LogP contribution in [-0.4, -0.2) is 36.5 Å². The maximum absolute atomic E-state index is 11.7. The van der Waals surface area contributed by atoms with Gasteiger partial charge in [-0.2, -0.15) is 5.26 Å². The van der Waals surface area contributed by atoms with Crippen molar-refractivity contribution in [3.05, 3.63) is 0 Å². The first kappa shape index (κ1) is 11.4. The highest BCUT2D eigenvalue weighted by Gasteiger charge is 2.50. The summed E-state index contributed by atoms with van der Waals surface area (Å²) in [5.74, 6) is -0.0685. The lowest BCUT2D eigenvalue weighted by Gasteiger charge is -2.24. The van der Waals surface area contributed by atoms with Crippen LogP contribution in [0.4, 0.5) is 0 Å². The number of carbonyl (C=O) groups excluding carboxylic acids is 1. The van der Waals surface area contributed by atoms with Crippen molar-refractivity contribution < 1.29 is 4.79 Å². The van der Waals surface area contributed by atoms with Gasteiger partial charge in [-0.15, -0.1) is 0 Å². The van der Waals surface area contributed by atoms with E-state index in [0.29, 0.717) is 12.6 Å². The van der Waals surface area contributed by atoms with Gasteiger partial charge in [-0.1, -0.05) is 0 Å². The molecule has 1 unspecified atom stereocenters. The van der Waals surface area contributed by atoms with Crippen LogP contribution in [0.1, 0.15) is 32.6 Å². The SMILES string of the molecule is CC(CNC(=O)C1(C#N)CC1)N1CCCC1. The normalized spacial score (nSPS) is 24.8. The zero-order valence-corrected chi connectivity index (χ0v) is 9.83. The molecule has 1 atom stereocenters. The molecule has 0 bridgehead atoms. The molecule has 1 aliphatic carbocycles. The van der Waals surface area contributed by atoms with Crippen LogP contribution in [0, 0.1) is 16.7 Å². The molecule has 1 aliphatic heterocycles. The van der Waals surface area contributed by atoms with E-state index in [0.717, 1.165) is 25.9 Å². The van der Waals surface area contributed by atoms with Gasteiger partial charge in [0.15, 0.2) is 0 Å². The summed E-state index contributed by atoms with van der Waals surface area (Å²) in [7, 11) is 0. The Hall–Kier alpha value is -1.08. The van der Waals surface area contributed by atoms with Crippen molar-refractivity contribution in [2.45, 2.75) is 38.6 Å². The molecule has 16 heavy (non-hydrogen) atoms. The predicted molar refractivity (Wildman–Crippen MR) is 60.6 cm³/mol. The van der Waals surface area contributed by atoms with Crippen molar-refractivity contribution >= 4 is 5.91 Å². The number of likely N-dealkylation sites (tertiary alicyclic amines) is 1. The molecular weight excluding hydrogens is 202 g/mol. The molecule has 1 saturated carbocycles. The van der Waals surface area contributed by atoms with Crippen molar-refractivity contribution in [1.29, 1.82) is 5.26 Å². The molecule has 88 valence electrons. The standard InChI is InChI=1S/C12H19N3O/c1-10(15-6-2-3-7-15)8-14-11(16)12(9-13)4-5-12/h10H,2-8H2,1H3,(H,14,16). The Morgan fingerprint density at radius 2 is 2.12 bits per heavy atom. The van der Waals surface area contributed by atoms with Crippen molar-refractivity contribution in [3.63, 3.8) is 0 Å². The number of rotatable bonds is 4. The zero-order chi connectivity index (χ0) is 11.6. The maximum atomic E-state index is 11.7. The molecule has 0 radical (unpaired) electrons. The number of nitrogens with zero attached hydrogens (tertiary/aromatic N) is 2. The van der Waals surface area contributed by atoms with E-state index in [1.807, 2.05) is 0 Å². The first-order valence-electron chi connectivity index (χ1n) is 6.11. The van der Waals surface area contributed by atoms with Crippen LogP contribution in [-0.2, 0) is 4.79 Å². The van der Waals surface area contributed by atoms with Gasteiger partial charge in [-0.25, -0.2) is 0 Å². The molecule has 0 aromatic heterocycles. The Kier molecular flexibility index (Phi) is 3.15. The molecular formula is C12H19N3O. The van der Waals surface area contributed by atoms with Crippen LogP contribution in [0.5, 0.6) is 0 Å². The minimum atomic E-state index is -0.676. The summed E-state index contributed by atoms with van der Waals surface area (Å²) in [6.45, 7) is 5.08. The fourth-order valence-electron chi connectivity index (χ4n) is 2.24. The summed E-state index contributed by atoms with van der Waals surface area (Å²) in [5.41, 5.74) is -0.676. The summed E-state index contributed by atoms with van der Waals surface area (Å²) < 4.78 is 0. The van der Waals surface area contributed by atoms with Crippen LogP contribution in [0.15, 0.2) is 0 Å². The van der Waals surface area contributed by atoms with E-state index in [1.54, 1.807) is 0 Å². The van der Waals surface area contributed by atoms with Gasteiger partial charge >= 0.3 is 0 Å². The van der Waals surface area contributed by atoms with E-state index in [1.165, 1.54) is 12.8 Å². The fourth-order valence-corrected chi connectivity index (χ4v) is 2.24. The van der Waals surface area contributed by atoms with Gasteiger partial charge in [0.05, 0.1) is 6.07 Å². The van der Waals surface area contributed by atoms with Crippen molar-refractivity contribution in [2.24, 2.45) is 5.41 Å². The topological polar surface area (TPSA) is 56.1 Å².